The van der Waals surface area contributed by atoms with Gasteiger partial charge in [-0.3, -0.25) is 4.79 Å². The summed E-state index contributed by atoms with van der Waals surface area (Å²) in [6, 6.07) is 2.98. The summed E-state index contributed by atoms with van der Waals surface area (Å²) in [7, 11) is 0. The number of aryl methyl sites for hydroxylation is 1. The van der Waals surface area contributed by atoms with Crippen molar-refractivity contribution >= 4 is 11.6 Å². The Kier molecular flexibility index (Phi) is 3.24. The van der Waals surface area contributed by atoms with Crippen LogP contribution in [-0.2, 0) is 16.0 Å². The van der Waals surface area contributed by atoms with E-state index in [1.54, 1.807) is 6.07 Å². The molecule has 2 unspecified atom stereocenters. The van der Waals surface area contributed by atoms with Crippen molar-refractivity contribution in [1.29, 1.82) is 0 Å². The minimum absolute atomic E-state index is 0.0502. The molecule has 1 aromatic rings. The molecule has 1 aromatic carbocycles. The van der Waals surface area contributed by atoms with Crippen molar-refractivity contribution in [2.45, 2.75) is 25.4 Å². The second kappa shape index (κ2) is 4.90. The molecule has 2 aliphatic rings. The zero-order chi connectivity index (χ0) is 13.4. The molecule has 1 saturated heterocycles. The van der Waals surface area contributed by atoms with Crippen LogP contribution in [0.25, 0.3) is 0 Å². The number of fused-ring (bicyclic) bond motifs is 1. The molecule has 3 rings (SSSR count). The third-order valence-electron chi connectivity index (χ3n) is 3.85. The van der Waals surface area contributed by atoms with Crippen molar-refractivity contribution in [3.05, 3.63) is 29.1 Å². The fraction of sp³-hybridized carbons (Fsp3) is 0.500. The van der Waals surface area contributed by atoms with E-state index < -0.39 is 11.9 Å². The molecular weight excluding hydrogens is 249 g/mol. The normalized spacial score (nSPS) is 23.9. The molecule has 0 aliphatic carbocycles. The number of carbonyl (C=O) groups is 1. The molecule has 1 amide bonds. The third kappa shape index (κ3) is 2.35. The number of nitrogens with one attached hydrogen (secondary N) is 1. The molecular formula is C14H16FNO3. The number of hydrogen-bond acceptors (Lipinski definition) is 3. The van der Waals surface area contributed by atoms with Crippen LogP contribution in [0.15, 0.2) is 12.1 Å². The van der Waals surface area contributed by atoms with Gasteiger partial charge in [-0.1, -0.05) is 0 Å². The van der Waals surface area contributed by atoms with Crippen molar-refractivity contribution in [1.82, 2.24) is 0 Å². The van der Waals surface area contributed by atoms with E-state index in [9.17, 15) is 14.3 Å². The second-order valence-corrected chi connectivity index (χ2v) is 5.15. The first-order valence-corrected chi connectivity index (χ1v) is 6.53. The van der Waals surface area contributed by atoms with Gasteiger partial charge in [0, 0.05) is 30.2 Å². The van der Waals surface area contributed by atoms with Crippen LogP contribution >= 0.6 is 0 Å². The highest BCUT2D eigenvalue weighted by Crippen LogP contribution is 2.34. The van der Waals surface area contributed by atoms with Crippen molar-refractivity contribution in [2.24, 2.45) is 5.92 Å². The highest BCUT2D eigenvalue weighted by atomic mass is 19.1. The van der Waals surface area contributed by atoms with Crippen LogP contribution in [0.3, 0.4) is 0 Å². The van der Waals surface area contributed by atoms with Crippen LogP contribution in [0.4, 0.5) is 10.1 Å². The highest BCUT2D eigenvalue weighted by Gasteiger charge is 2.28. The predicted octanol–water partition coefficient (Wildman–Crippen LogP) is 1.78. The number of aliphatic hydroxyl groups is 1. The summed E-state index contributed by atoms with van der Waals surface area (Å²) in [5.74, 6) is -0.615. The summed E-state index contributed by atoms with van der Waals surface area (Å²) in [5, 5.41) is 12.9. The molecule has 2 atom stereocenters. The average Bonchev–Trinajstić information content (AvgIpc) is 2.91. The lowest BCUT2D eigenvalue weighted by atomic mass is 9.91. The maximum Gasteiger partial charge on any atom is 0.224 e. The van der Waals surface area contributed by atoms with Gasteiger partial charge < -0.3 is 15.2 Å². The maximum atomic E-state index is 14.1. The Morgan fingerprint density at radius 3 is 3.00 bits per heavy atom. The van der Waals surface area contributed by atoms with Gasteiger partial charge in [-0.05, 0) is 30.5 Å². The van der Waals surface area contributed by atoms with Crippen LogP contribution < -0.4 is 5.32 Å². The van der Waals surface area contributed by atoms with Crippen molar-refractivity contribution < 1.29 is 19.0 Å². The molecule has 2 aliphatic heterocycles. The van der Waals surface area contributed by atoms with E-state index in [2.05, 4.69) is 5.32 Å². The molecule has 4 nitrogen and oxygen atoms in total. The Labute approximate surface area is 110 Å². The zero-order valence-corrected chi connectivity index (χ0v) is 10.5. The SMILES string of the molecule is O=C1CCc2cc(C(O)C3CCOC3)c(F)cc2N1. The summed E-state index contributed by atoms with van der Waals surface area (Å²) in [6.45, 7) is 1.08. The standard InChI is InChI=1S/C14H16FNO3/c15-11-6-12-8(1-2-13(17)16-12)5-10(11)14(18)9-3-4-19-7-9/h5-6,9,14,18H,1-4,7H2,(H,16,17). The fourth-order valence-corrected chi connectivity index (χ4v) is 2.70. The number of hydrogen-bond donors (Lipinski definition) is 2. The molecule has 102 valence electrons. The number of halogens is 1. The van der Waals surface area contributed by atoms with Gasteiger partial charge in [0.1, 0.15) is 5.82 Å². The van der Waals surface area contributed by atoms with Crippen LogP contribution in [0.1, 0.15) is 30.1 Å². The Morgan fingerprint density at radius 2 is 2.26 bits per heavy atom. The van der Waals surface area contributed by atoms with Crippen LogP contribution in [-0.4, -0.2) is 24.2 Å². The lowest BCUT2D eigenvalue weighted by Crippen LogP contribution is -2.21. The van der Waals surface area contributed by atoms with Crippen molar-refractivity contribution in [3.63, 3.8) is 0 Å². The first kappa shape index (κ1) is 12.6. The van der Waals surface area contributed by atoms with Crippen LogP contribution in [0.5, 0.6) is 0 Å². The lowest BCUT2D eigenvalue weighted by molar-refractivity contribution is -0.116. The van der Waals surface area contributed by atoms with Gasteiger partial charge in [0.2, 0.25) is 5.91 Å². The number of aliphatic hydroxyl groups excluding tert-OH is 1. The molecule has 0 spiro atoms. The molecule has 19 heavy (non-hydrogen) atoms. The first-order chi connectivity index (χ1) is 9.15. The molecule has 2 N–H and O–H groups in total. The van der Waals surface area contributed by atoms with E-state index in [0.717, 1.165) is 12.0 Å². The topological polar surface area (TPSA) is 58.6 Å². The smallest absolute Gasteiger partial charge is 0.224 e. The Morgan fingerprint density at radius 1 is 1.42 bits per heavy atom. The van der Waals surface area contributed by atoms with Gasteiger partial charge in [0.05, 0.1) is 12.7 Å². The molecule has 2 heterocycles. The number of carbonyl (C=O) groups excluding carboxylic acids is 1. The van der Waals surface area contributed by atoms with E-state index >= 15 is 0 Å². The molecule has 1 fully saturated rings. The van der Waals surface area contributed by atoms with E-state index in [4.69, 9.17) is 4.74 Å². The van der Waals surface area contributed by atoms with E-state index in [-0.39, 0.29) is 11.8 Å². The summed E-state index contributed by atoms with van der Waals surface area (Å²) in [4.78, 5) is 11.3. The summed E-state index contributed by atoms with van der Waals surface area (Å²) < 4.78 is 19.3. The summed E-state index contributed by atoms with van der Waals surface area (Å²) >= 11 is 0. The van der Waals surface area contributed by atoms with Crippen LogP contribution in [0, 0.1) is 11.7 Å². The molecule has 0 bridgehead atoms. The Hall–Kier alpha value is -1.46. The minimum Gasteiger partial charge on any atom is -0.388 e. The van der Waals surface area contributed by atoms with Crippen molar-refractivity contribution in [3.8, 4) is 0 Å². The van der Waals surface area contributed by atoms with Crippen molar-refractivity contribution in [2.75, 3.05) is 18.5 Å². The number of benzene rings is 1. The molecule has 0 aromatic heterocycles. The number of amides is 1. The minimum atomic E-state index is -0.842. The second-order valence-electron chi connectivity index (χ2n) is 5.15. The Bertz CT molecular complexity index is 512. The monoisotopic (exact) mass is 265 g/mol. The third-order valence-corrected chi connectivity index (χ3v) is 3.85. The maximum absolute atomic E-state index is 14.1. The molecule has 5 heteroatoms. The van der Waals surface area contributed by atoms with Gasteiger partial charge in [0.25, 0.3) is 0 Å². The van der Waals surface area contributed by atoms with E-state index in [0.29, 0.717) is 37.3 Å². The quantitative estimate of drug-likeness (QED) is 0.857. The summed E-state index contributed by atoms with van der Waals surface area (Å²) in [6.07, 6.45) is 0.891. The Balaban J connectivity index is 1.91. The summed E-state index contributed by atoms with van der Waals surface area (Å²) in [5.41, 5.74) is 1.71. The van der Waals surface area contributed by atoms with Gasteiger partial charge in [-0.2, -0.15) is 0 Å². The van der Waals surface area contributed by atoms with Gasteiger partial charge >= 0.3 is 0 Å². The number of ether oxygens (including phenoxy) is 1. The van der Waals surface area contributed by atoms with Gasteiger partial charge in [-0.15, -0.1) is 0 Å². The van der Waals surface area contributed by atoms with Gasteiger partial charge in [-0.25, -0.2) is 4.39 Å². The van der Waals surface area contributed by atoms with E-state index in [1.807, 2.05) is 0 Å². The zero-order valence-electron chi connectivity index (χ0n) is 10.5. The molecule has 0 radical (unpaired) electrons. The fourth-order valence-electron chi connectivity index (χ4n) is 2.70. The number of anilines is 1. The number of rotatable bonds is 2. The average molecular weight is 265 g/mol. The predicted molar refractivity (Wildman–Crippen MR) is 67.2 cm³/mol. The first-order valence-electron chi connectivity index (χ1n) is 6.53. The largest absolute Gasteiger partial charge is 0.388 e. The highest BCUT2D eigenvalue weighted by molar-refractivity contribution is 5.93. The molecule has 0 saturated carbocycles. The van der Waals surface area contributed by atoms with Crippen LogP contribution in [0.2, 0.25) is 0 Å². The van der Waals surface area contributed by atoms with Gasteiger partial charge in [0.15, 0.2) is 0 Å². The lowest BCUT2D eigenvalue weighted by Gasteiger charge is -2.22. The van der Waals surface area contributed by atoms with E-state index in [1.165, 1.54) is 6.07 Å².